The highest BCUT2D eigenvalue weighted by atomic mass is 16.5. The van der Waals surface area contributed by atoms with Gasteiger partial charge in [-0.1, -0.05) is 30.3 Å². The second-order valence-electron chi connectivity index (χ2n) is 8.21. The monoisotopic (exact) mass is 464 g/mol. The van der Waals surface area contributed by atoms with Crippen molar-refractivity contribution in [1.29, 1.82) is 0 Å². The standard InChI is InChI=1S/C28H20N2O5/c1-34-16-13-14-20(24(15-16)35-2)30-27(32)18-8-5-10-22(26(18)28(30)33)29-19-9-4-3-7-17(19)25-21(29)11-6-12-23(25)31/h3-15,31H,1-2H3. The maximum atomic E-state index is 13.8. The van der Waals surface area contributed by atoms with E-state index < -0.39 is 11.8 Å². The van der Waals surface area contributed by atoms with Crippen molar-refractivity contribution in [2.75, 3.05) is 19.1 Å². The van der Waals surface area contributed by atoms with Gasteiger partial charge in [0.25, 0.3) is 11.8 Å². The average molecular weight is 464 g/mol. The second kappa shape index (κ2) is 7.63. The first-order chi connectivity index (χ1) is 17.0. The fourth-order valence-corrected chi connectivity index (χ4v) is 4.90. The lowest BCUT2D eigenvalue weighted by Gasteiger charge is -2.18. The van der Waals surface area contributed by atoms with Crippen molar-refractivity contribution < 1.29 is 24.2 Å². The molecule has 0 unspecified atom stereocenters. The molecule has 1 aliphatic rings. The third kappa shape index (κ3) is 2.85. The first-order valence-corrected chi connectivity index (χ1v) is 11.0. The molecule has 0 fully saturated rings. The number of imide groups is 1. The van der Waals surface area contributed by atoms with Gasteiger partial charge in [0.05, 0.1) is 47.8 Å². The number of anilines is 1. The summed E-state index contributed by atoms with van der Waals surface area (Å²) in [6.45, 7) is 0. The minimum atomic E-state index is -0.449. The summed E-state index contributed by atoms with van der Waals surface area (Å²) in [7, 11) is 3.01. The van der Waals surface area contributed by atoms with Crippen LogP contribution in [0.3, 0.4) is 0 Å². The van der Waals surface area contributed by atoms with Crippen LogP contribution in [-0.2, 0) is 0 Å². The highest BCUT2D eigenvalue weighted by Gasteiger charge is 2.40. The number of rotatable bonds is 4. The van der Waals surface area contributed by atoms with Crippen LogP contribution in [0.25, 0.3) is 27.5 Å². The van der Waals surface area contributed by atoms with E-state index in [1.165, 1.54) is 14.2 Å². The highest BCUT2D eigenvalue weighted by Crippen LogP contribution is 2.42. The van der Waals surface area contributed by atoms with Gasteiger partial charge in [0.2, 0.25) is 0 Å². The van der Waals surface area contributed by atoms with Crippen molar-refractivity contribution in [3.05, 3.63) is 90.0 Å². The number of benzene rings is 4. The van der Waals surface area contributed by atoms with Gasteiger partial charge in [0.1, 0.15) is 17.2 Å². The maximum Gasteiger partial charge on any atom is 0.268 e. The number of phenols is 1. The minimum Gasteiger partial charge on any atom is -0.507 e. The van der Waals surface area contributed by atoms with Crippen LogP contribution in [0.2, 0.25) is 0 Å². The van der Waals surface area contributed by atoms with Crippen molar-refractivity contribution in [3.63, 3.8) is 0 Å². The van der Waals surface area contributed by atoms with Crippen molar-refractivity contribution in [1.82, 2.24) is 4.57 Å². The van der Waals surface area contributed by atoms with E-state index in [0.29, 0.717) is 39.4 Å². The molecule has 1 aliphatic heterocycles. The Labute approximate surface area is 200 Å². The number of aromatic nitrogens is 1. The number of amides is 2. The first kappa shape index (κ1) is 20.8. The Morgan fingerprint density at radius 1 is 0.743 bits per heavy atom. The molecule has 2 heterocycles. The number of carbonyl (C=O) groups excluding carboxylic acids is 2. The van der Waals surface area contributed by atoms with Crippen LogP contribution >= 0.6 is 0 Å². The van der Waals surface area contributed by atoms with Crippen LogP contribution in [-0.4, -0.2) is 35.7 Å². The molecular weight excluding hydrogens is 444 g/mol. The molecule has 0 saturated heterocycles. The lowest BCUT2D eigenvalue weighted by atomic mass is 10.1. The Balaban J connectivity index is 1.61. The number of para-hydroxylation sites is 1. The molecule has 0 saturated carbocycles. The average Bonchev–Trinajstić information content (AvgIpc) is 3.36. The largest absolute Gasteiger partial charge is 0.507 e. The molecule has 172 valence electrons. The molecule has 1 aromatic heterocycles. The topological polar surface area (TPSA) is 81.0 Å². The van der Waals surface area contributed by atoms with E-state index in [9.17, 15) is 14.7 Å². The van der Waals surface area contributed by atoms with Crippen molar-refractivity contribution in [2.24, 2.45) is 0 Å². The number of hydrogen-bond acceptors (Lipinski definition) is 5. The molecule has 0 spiro atoms. The molecule has 7 heteroatoms. The Hall–Kier alpha value is -4.78. The highest BCUT2D eigenvalue weighted by molar-refractivity contribution is 6.36. The predicted molar refractivity (Wildman–Crippen MR) is 133 cm³/mol. The number of carbonyl (C=O) groups is 2. The Kier molecular flexibility index (Phi) is 4.54. The molecule has 4 aromatic carbocycles. The van der Waals surface area contributed by atoms with Crippen LogP contribution in [0.1, 0.15) is 20.7 Å². The number of methoxy groups -OCH3 is 2. The van der Waals surface area contributed by atoms with Gasteiger partial charge in [-0.3, -0.25) is 9.59 Å². The minimum absolute atomic E-state index is 0.150. The normalized spacial score (nSPS) is 13.0. The quantitative estimate of drug-likeness (QED) is 0.365. The van der Waals surface area contributed by atoms with Gasteiger partial charge >= 0.3 is 0 Å². The summed E-state index contributed by atoms with van der Waals surface area (Å²) in [6, 6.07) is 23.1. The summed E-state index contributed by atoms with van der Waals surface area (Å²) < 4.78 is 12.6. The fraction of sp³-hybridized carbons (Fsp3) is 0.0714. The SMILES string of the molecule is COc1ccc(N2C(=O)c3cccc(-n4c5ccccc5c5c(O)cccc54)c3C2=O)c(OC)c1. The molecular formula is C28H20N2O5. The second-order valence-corrected chi connectivity index (χ2v) is 8.21. The van der Waals surface area contributed by atoms with E-state index in [0.717, 1.165) is 21.3 Å². The molecule has 6 rings (SSSR count). The predicted octanol–water partition coefficient (Wildman–Crippen LogP) is 5.31. The number of phenolic OH excluding ortho intramolecular Hbond substituents is 1. The van der Waals surface area contributed by atoms with E-state index in [2.05, 4.69) is 0 Å². The van der Waals surface area contributed by atoms with Crippen molar-refractivity contribution in [3.8, 4) is 22.9 Å². The van der Waals surface area contributed by atoms with Gasteiger partial charge in [-0.2, -0.15) is 0 Å². The zero-order chi connectivity index (χ0) is 24.3. The summed E-state index contributed by atoms with van der Waals surface area (Å²) in [5.41, 5.74) is 3.05. The zero-order valence-electron chi connectivity index (χ0n) is 19.0. The van der Waals surface area contributed by atoms with E-state index in [1.54, 1.807) is 42.5 Å². The number of aromatic hydroxyl groups is 1. The van der Waals surface area contributed by atoms with E-state index >= 15 is 0 Å². The smallest absolute Gasteiger partial charge is 0.268 e. The van der Waals surface area contributed by atoms with Gasteiger partial charge < -0.3 is 19.1 Å². The summed E-state index contributed by atoms with van der Waals surface area (Å²) in [5.74, 6) is 0.168. The van der Waals surface area contributed by atoms with Crippen LogP contribution in [0, 0.1) is 0 Å². The number of ether oxygens (including phenoxy) is 2. The summed E-state index contributed by atoms with van der Waals surface area (Å²) >= 11 is 0. The number of fused-ring (bicyclic) bond motifs is 4. The Morgan fingerprint density at radius 3 is 2.31 bits per heavy atom. The van der Waals surface area contributed by atoms with Gasteiger partial charge in [-0.25, -0.2) is 4.90 Å². The Bertz CT molecular complexity index is 1680. The van der Waals surface area contributed by atoms with Gasteiger partial charge in [0, 0.05) is 16.8 Å². The van der Waals surface area contributed by atoms with Gasteiger partial charge in [-0.05, 0) is 42.5 Å². The third-order valence-corrected chi connectivity index (χ3v) is 6.44. The van der Waals surface area contributed by atoms with E-state index in [4.69, 9.17) is 9.47 Å². The lowest BCUT2D eigenvalue weighted by molar-refractivity contribution is 0.0925. The Morgan fingerprint density at radius 2 is 1.51 bits per heavy atom. The number of nitrogens with zero attached hydrogens (tertiary/aromatic N) is 2. The molecule has 7 nitrogen and oxygen atoms in total. The molecule has 5 aromatic rings. The summed E-state index contributed by atoms with van der Waals surface area (Å²) in [4.78, 5) is 28.5. The number of hydrogen-bond donors (Lipinski definition) is 1. The molecule has 2 amide bonds. The lowest BCUT2D eigenvalue weighted by Crippen LogP contribution is -2.30. The maximum absolute atomic E-state index is 13.8. The summed E-state index contributed by atoms with van der Waals surface area (Å²) in [6.07, 6.45) is 0. The van der Waals surface area contributed by atoms with Crippen LogP contribution in [0.4, 0.5) is 5.69 Å². The van der Waals surface area contributed by atoms with Crippen molar-refractivity contribution in [2.45, 2.75) is 0 Å². The third-order valence-electron chi connectivity index (χ3n) is 6.44. The van der Waals surface area contributed by atoms with Gasteiger partial charge in [-0.15, -0.1) is 0 Å². The fourth-order valence-electron chi connectivity index (χ4n) is 4.90. The van der Waals surface area contributed by atoms with Crippen LogP contribution in [0.15, 0.2) is 78.9 Å². The van der Waals surface area contributed by atoms with Crippen LogP contribution in [0.5, 0.6) is 17.2 Å². The molecule has 0 bridgehead atoms. The zero-order valence-corrected chi connectivity index (χ0v) is 19.0. The molecule has 0 atom stereocenters. The molecule has 0 aliphatic carbocycles. The summed E-state index contributed by atoms with van der Waals surface area (Å²) in [5, 5.41) is 12.2. The van der Waals surface area contributed by atoms with E-state index in [1.807, 2.05) is 41.0 Å². The molecule has 0 radical (unpaired) electrons. The van der Waals surface area contributed by atoms with Crippen LogP contribution < -0.4 is 14.4 Å². The first-order valence-electron chi connectivity index (χ1n) is 11.0. The van der Waals surface area contributed by atoms with Gasteiger partial charge in [0.15, 0.2) is 0 Å². The molecule has 35 heavy (non-hydrogen) atoms. The molecule has 1 N–H and O–H groups in total. The van der Waals surface area contributed by atoms with E-state index in [-0.39, 0.29) is 5.75 Å². The van der Waals surface area contributed by atoms with Crippen molar-refractivity contribution >= 4 is 39.3 Å².